The van der Waals surface area contributed by atoms with Gasteiger partial charge in [0.15, 0.2) is 0 Å². The van der Waals surface area contributed by atoms with Crippen LogP contribution in [0.2, 0.25) is 0 Å². The third kappa shape index (κ3) is 3.85. The normalized spacial score (nSPS) is 29.9. The van der Waals surface area contributed by atoms with Crippen LogP contribution in [0.25, 0.3) is 0 Å². The molecule has 2 N–H and O–H groups in total. The number of carbonyl (C=O) groups excluding carboxylic acids is 1. The molecule has 0 aromatic rings. The van der Waals surface area contributed by atoms with Gasteiger partial charge in [-0.15, -0.1) is 12.4 Å². The number of hydrogen-bond acceptors (Lipinski definition) is 3. The van der Waals surface area contributed by atoms with Gasteiger partial charge in [-0.2, -0.15) is 11.8 Å². The third-order valence-electron chi connectivity index (χ3n) is 2.96. The minimum absolute atomic E-state index is 0. The molecule has 2 saturated heterocycles. The van der Waals surface area contributed by atoms with Crippen LogP contribution in [0.1, 0.15) is 19.3 Å². The van der Waals surface area contributed by atoms with Crippen molar-refractivity contribution in [3.05, 3.63) is 0 Å². The van der Waals surface area contributed by atoms with Crippen LogP contribution in [0.5, 0.6) is 0 Å². The fourth-order valence-corrected chi connectivity index (χ4v) is 3.24. The molecule has 15 heavy (non-hydrogen) atoms. The van der Waals surface area contributed by atoms with Gasteiger partial charge in [0.1, 0.15) is 0 Å². The van der Waals surface area contributed by atoms with Crippen LogP contribution in [0, 0.1) is 5.92 Å². The molecular weight excluding hydrogens is 232 g/mol. The maximum absolute atomic E-state index is 11.6. The third-order valence-corrected chi connectivity index (χ3v) is 4.36. The lowest BCUT2D eigenvalue weighted by atomic mass is 10.1. The summed E-state index contributed by atoms with van der Waals surface area (Å²) in [6.45, 7) is 2.74. The Labute approximate surface area is 102 Å². The molecule has 0 aromatic carbocycles. The van der Waals surface area contributed by atoms with Crippen molar-refractivity contribution in [2.45, 2.75) is 24.5 Å². The van der Waals surface area contributed by atoms with E-state index in [0.29, 0.717) is 5.25 Å². The lowest BCUT2D eigenvalue weighted by molar-refractivity contribution is -0.124. The Kier molecular flexibility index (Phi) is 5.79. The molecule has 2 fully saturated rings. The van der Waals surface area contributed by atoms with Crippen LogP contribution in [0.15, 0.2) is 0 Å². The summed E-state index contributed by atoms with van der Waals surface area (Å²) in [6.07, 6.45) is 3.59. The smallest absolute Gasteiger partial charge is 0.224 e. The monoisotopic (exact) mass is 250 g/mol. The van der Waals surface area contributed by atoms with Gasteiger partial charge in [-0.3, -0.25) is 4.79 Å². The summed E-state index contributed by atoms with van der Waals surface area (Å²) in [5.41, 5.74) is 0. The molecule has 2 atom stereocenters. The van der Waals surface area contributed by atoms with Crippen LogP contribution >= 0.6 is 24.2 Å². The van der Waals surface area contributed by atoms with Crippen molar-refractivity contribution in [3.63, 3.8) is 0 Å². The maximum atomic E-state index is 11.6. The SMILES string of the molecule is Cl.O=C(NCC1CCCS1)[C@H]1CCNC1. The van der Waals surface area contributed by atoms with Gasteiger partial charge >= 0.3 is 0 Å². The minimum atomic E-state index is 0. The summed E-state index contributed by atoms with van der Waals surface area (Å²) in [7, 11) is 0. The topological polar surface area (TPSA) is 41.1 Å². The highest BCUT2D eigenvalue weighted by atomic mass is 35.5. The highest BCUT2D eigenvalue weighted by Gasteiger charge is 2.23. The fourth-order valence-electron chi connectivity index (χ4n) is 2.04. The number of rotatable bonds is 3. The van der Waals surface area contributed by atoms with Crippen LogP contribution < -0.4 is 10.6 Å². The van der Waals surface area contributed by atoms with Crippen molar-refractivity contribution in [2.75, 3.05) is 25.4 Å². The Morgan fingerprint density at radius 3 is 2.93 bits per heavy atom. The van der Waals surface area contributed by atoms with Crippen molar-refractivity contribution in [3.8, 4) is 0 Å². The van der Waals surface area contributed by atoms with E-state index < -0.39 is 0 Å². The zero-order chi connectivity index (χ0) is 9.80. The van der Waals surface area contributed by atoms with Gasteiger partial charge in [-0.05, 0) is 31.6 Å². The molecule has 2 rings (SSSR count). The van der Waals surface area contributed by atoms with Crippen molar-refractivity contribution in [1.82, 2.24) is 10.6 Å². The first-order chi connectivity index (χ1) is 6.86. The summed E-state index contributed by atoms with van der Waals surface area (Å²) in [5, 5.41) is 6.96. The van der Waals surface area contributed by atoms with E-state index in [-0.39, 0.29) is 24.2 Å². The second kappa shape index (κ2) is 6.61. The van der Waals surface area contributed by atoms with Gasteiger partial charge < -0.3 is 10.6 Å². The lowest BCUT2D eigenvalue weighted by Gasteiger charge is -2.13. The van der Waals surface area contributed by atoms with Crippen LogP contribution in [-0.2, 0) is 4.79 Å². The second-order valence-corrected chi connectivity index (χ2v) is 5.48. The number of amides is 1. The summed E-state index contributed by atoms with van der Waals surface area (Å²) >= 11 is 2.00. The zero-order valence-corrected chi connectivity index (χ0v) is 10.5. The number of hydrogen-bond donors (Lipinski definition) is 2. The molecule has 2 aliphatic rings. The Balaban J connectivity index is 0.00000112. The van der Waals surface area contributed by atoms with Gasteiger partial charge in [-0.25, -0.2) is 0 Å². The van der Waals surface area contributed by atoms with Gasteiger partial charge in [0, 0.05) is 18.3 Å². The molecule has 0 aromatic heterocycles. The Hall–Kier alpha value is 0.0700. The highest BCUT2D eigenvalue weighted by molar-refractivity contribution is 8.00. The average molecular weight is 251 g/mol. The van der Waals surface area contributed by atoms with Crippen molar-refractivity contribution >= 4 is 30.1 Å². The van der Waals surface area contributed by atoms with Crippen LogP contribution in [0.4, 0.5) is 0 Å². The first-order valence-corrected chi connectivity index (χ1v) is 6.51. The molecule has 2 aliphatic heterocycles. The number of thioether (sulfide) groups is 1. The predicted molar refractivity (Wildman–Crippen MR) is 66.7 cm³/mol. The second-order valence-electron chi connectivity index (χ2n) is 4.07. The van der Waals surface area contributed by atoms with Crippen LogP contribution in [-0.4, -0.2) is 36.5 Å². The maximum Gasteiger partial charge on any atom is 0.224 e. The van der Waals surface area contributed by atoms with Gasteiger partial charge in [0.05, 0.1) is 5.92 Å². The van der Waals surface area contributed by atoms with E-state index in [1.54, 1.807) is 0 Å². The van der Waals surface area contributed by atoms with E-state index in [0.717, 1.165) is 26.1 Å². The Bertz CT molecular complexity index is 204. The number of halogens is 1. The summed E-state index contributed by atoms with van der Waals surface area (Å²) in [6, 6.07) is 0. The molecular formula is C10H19ClN2OS. The fraction of sp³-hybridized carbons (Fsp3) is 0.900. The van der Waals surface area contributed by atoms with Crippen molar-refractivity contribution < 1.29 is 4.79 Å². The van der Waals surface area contributed by atoms with E-state index in [1.807, 2.05) is 11.8 Å². The largest absolute Gasteiger partial charge is 0.355 e. The minimum Gasteiger partial charge on any atom is -0.355 e. The van der Waals surface area contributed by atoms with E-state index in [1.165, 1.54) is 18.6 Å². The summed E-state index contributed by atoms with van der Waals surface area (Å²) < 4.78 is 0. The number of nitrogens with one attached hydrogen (secondary N) is 2. The zero-order valence-electron chi connectivity index (χ0n) is 8.83. The van der Waals surface area contributed by atoms with E-state index >= 15 is 0 Å². The first kappa shape index (κ1) is 13.1. The van der Waals surface area contributed by atoms with Gasteiger partial charge in [-0.1, -0.05) is 0 Å². The van der Waals surface area contributed by atoms with E-state index in [2.05, 4.69) is 10.6 Å². The van der Waals surface area contributed by atoms with E-state index in [9.17, 15) is 4.79 Å². The van der Waals surface area contributed by atoms with Crippen molar-refractivity contribution in [2.24, 2.45) is 5.92 Å². The molecule has 3 nitrogen and oxygen atoms in total. The quantitative estimate of drug-likeness (QED) is 0.786. The molecule has 5 heteroatoms. The molecule has 0 radical (unpaired) electrons. The number of carbonyl (C=O) groups is 1. The van der Waals surface area contributed by atoms with E-state index in [4.69, 9.17) is 0 Å². The molecule has 1 amide bonds. The molecule has 1 unspecified atom stereocenters. The van der Waals surface area contributed by atoms with Gasteiger partial charge in [0.2, 0.25) is 5.91 Å². The Morgan fingerprint density at radius 2 is 2.33 bits per heavy atom. The lowest BCUT2D eigenvalue weighted by Crippen LogP contribution is -2.35. The summed E-state index contributed by atoms with van der Waals surface area (Å²) in [5.74, 6) is 1.75. The van der Waals surface area contributed by atoms with Gasteiger partial charge in [0.25, 0.3) is 0 Å². The average Bonchev–Trinajstić information content (AvgIpc) is 2.87. The predicted octanol–water partition coefficient (Wildman–Crippen LogP) is 1.03. The standard InChI is InChI=1S/C10H18N2OS.ClH/c13-10(8-3-4-11-6-8)12-7-9-2-1-5-14-9;/h8-9,11H,1-7H2,(H,12,13);1H/t8-,9?;/m0./s1. The molecule has 0 spiro atoms. The molecule has 0 aliphatic carbocycles. The van der Waals surface area contributed by atoms with Crippen molar-refractivity contribution in [1.29, 1.82) is 0 Å². The summed E-state index contributed by atoms with van der Waals surface area (Å²) in [4.78, 5) is 11.6. The van der Waals surface area contributed by atoms with Crippen LogP contribution in [0.3, 0.4) is 0 Å². The molecule has 0 bridgehead atoms. The molecule has 88 valence electrons. The highest BCUT2D eigenvalue weighted by Crippen LogP contribution is 2.25. The molecule has 0 saturated carbocycles. The Morgan fingerprint density at radius 1 is 1.47 bits per heavy atom. The molecule has 2 heterocycles. The first-order valence-electron chi connectivity index (χ1n) is 5.46.